The Labute approximate surface area is 54.7 Å². The van der Waals surface area contributed by atoms with Gasteiger partial charge >= 0.3 is 0 Å². The van der Waals surface area contributed by atoms with Crippen molar-refractivity contribution in [3.63, 3.8) is 0 Å². The molecule has 0 aromatic heterocycles. The van der Waals surface area contributed by atoms with Gasteiger partial charge < -0.3 is 4.29 Å². The van der Waals surface area contributed by atoms with Gasteiger partial charge in [-0.25, -0.2) is 0 Å². The molecule has 8 heavy (non-hydrogen) atoms. The van der Waals surface area contributed by atoms with Crippen molar-refractivity contribution < 1.29 is 4.29 Å². The van der Waals surface area contributed by atoms with Gasteiger partial charge in [0.15, 0.2) is 0 Å². The van der Waals surface area contributed by atoms with E-state index in [0.717, 1.165) is 0 Å². The van der Waals surface area contributed by atoms with Crippen molar-refractivity contribution in [3.8, 4) is 0 Å². The number of rotatable bonds is 1. The van der Waals surface area contributed by atoms with Gasteiger partial charge in [0.25, 0.3) is 0 Å². The van der Waals surface area contributed by atoms with E-state index in [1.807, 2.05) is 13.8 Å². The lowest BCUT2D eigenvalue weighted by Gasteiger charge is -2.01. The average Bonchev–Trinajstić information content (AvgIpc) is 1.69. The summed E-state index contributed by atoms with van der Waals surface area (Å²) in [5.41, 5.74) is 0. The second-order valence-corrected chi connectivity index (χ2v) is 1.95. The summed E-state index contributed by atoms with van der Waals surface area (Å²) < 4.78 is 4.38. The Kier molecular flexibility index (Phi) is 3.61. The third kappa shape index (κ3) is 2.17. The normalized spacial score (nSPS) is 12.4. The molecule has 48 valence electrons. The molecule has 0 rings (SSSR count). The first kappa shape index (κ1) is 7.76. The van der Waals surface area contributed by atoms with E-state index in [0.29, 0.717) is 5.90 Å². The number of halogens is 1. The molecule has 0 unspecified atom stereocenters. The Morgan fingerprint density at radius 2 is 2.12 bits per heavy atom. The Morgan fingerprint density at radius 1 is 1.62 bits per heavy atom. The van der Waals surface area contributed by atoms with Crippen LogP contribution in [0.3, 0.4) is 0 Å². The molecular formula is C5H10ClNO. The molecule has 2 nitrogen and oxygen atoms in total. The van der Waals surface area contributed by atoms with Gasteiger partial charge in [0, 0.05) is 13.0 Å². The second-order valence-electron chi connectivity index (χ2n) is 1.79. The summed E-state index contributed by atoms with van der Waals surface area (Å²) in [5.74, 6) is 0.851. The second kappa shape index (κ2) is 3.72. The smallest absolute Gasteiger partial charge is 0.210 e. The molecular weight excluding hydrogens is 126 g/mol. The van der Waals surface area contributed by atoms with Crippen LogP contribution in [0.1, 0.15) is 13.8 Å². The van der Waals surface area contributed by atoms with Crippen LogP contribution in [0, 0.1) is 5.92 Å². The quantitative estimate of drug-likeness (QED) is 0.397. The number of nitrogens with zero attached hydrogens (tertiary/aromatic N) is 1. The van der Waals surface area contributed by atoms with E-state index in [4.69, 9.17) is 11.9 Å². The number of hydrogen-bond donors (Lipinski definition) is 0. The number of hydrogen-bond acceptors (Lipinski definition) is 2. The van der Waals surface area contributed by atoms with Gasteiger partial charge in [0.05, 0.1) is 0 Å². The molecule has 0 N–H and O–H groups in total. The molecule has 0 heterocycles. The summed E-state index contributed by atoms with van der Waals surface area (Å²) in [7, 11) is 1.65. The monoisotopic (exact) mass is 135 g/mol. The lowest BCUT2D eigenvalue weighted by Crippen LogP contribution is -2.06. The van der Waals surface area contributed by atoms with Crippen LogP contribution < -0.4 is 0 Å². The predicted molar refractivity (Wildman–Crippen MR) is 35.1 cm³/mol. The molecule has 0 aliphatic heterocycles. The van der Waals surface area contributed by atoms with Crippen molar-refractivity contribution in [1.82, 2.24) is 0 Å². The van der Waals surface area contributed by atoms with E-state index in [1.54, 1.807) is 7.05 Å². The molecule has 0 radical (unpaired) electrons. The van der Waals surface area contributed by atoms with Crippen LogP contribution in [0.5, 0.6) is 0 Å². The minimum Gasteiger partial charge on any atom is -0.370 e. The zero-order valence-electron chi connectivity index (χ0n) is 5.31. The molecule has 0 fully saturated rings. The highest BCUT2D eigenvalue weighted by atomic mass is 35.5. The first-order chi connectivity index (χ1) is 3.72. The van der Waals surface area contributed by atoms with Crippen molar-refractivity contribution in [1.29, 1.82) is 0 Å². The fraction of sp³-hybridized carbons (Fsp3) is 0.800. The highest BCUT2D eigenvalue weighted by molar-refractivity contribution is 6.14. The van der Waals surface area contributed by atoms with Gasteiger partial charge in [0.1, 0.15) is 11.9 Å². The van der Waals surface area contributed by atoms with Gasteiger partial charge in [0.2, 0.25) is 5.90 Å². The van der Waals surface area contributed by atoms with Gasteiger partial charge in [-0.2, -0.15) is 0 Å². The largest absolute Gasteiger partial charge is 0.370 e. The van der Waals surface area contributed by atoms with Crippen molar-refractivity contribution >= 4 is 17.8 Å². The molecule has 0 atom stereocenters. The molecule has 0 saturated heterocycles. The molecule has 0 amide bonds. The van der Waals surface area contributed by atoms with Crippen LogP contribution in [-0.2, 0) is 4.29 Å². The van der Waals surface area contributed by atoms with Gasteiger partial charge in [-0.15, -0.1) is 0 Å². The van der Waals surface area contributed by atoms with Gasteiger partial charge in [-0.3, -0.25) is 4.99 Å². The molecule has 0 saturated carbocycles. The fourth-order valence-corrected chi connectivity index (χ4v) is 0.629. The molecule has 0 spiro atoms. The topological polar surface area (TPSA) is 21.6 Å². The Hall–Kier alpha value is -0.240. The minimum atomic E-state index is 0.275. The van der Waals surface area contributed by atoms with Crippen LogP contribution >= 0.6 is 11.9 Å². The standard InChI is InChI=1S/C5H10ClNO/c1-4(2)5(7-3)8-6/h4H,1-3H3. The van der Waals surface area contributed by atoms with Crippen molar-refractivity contribution in [3.05, 3.63) is 0 Å². The third-order valence-corrected chi connectivity index (χ3v) is 0.951. The molecule has 0 aromatic rings. The SMILES string of the molecule is CN=C(OCl)C(C)C. The first-order valence-electron chi connectivity index (χ1n) is 2.47. The van der Waals surface area contributed by atoms with Crippen molar-refractivity contribution in [2.45, 2.75) is 13.8 Å². The number of aliphatic imine (C=N–C) groups is 1. The lowest BCUT2D eigenvalue weighted by molar-refractivity contribution is 0.555. The third-order valence-electron chi connectivity index (χ3n) is 0.793. The van der Waals surface area contributed by atoms with Gasteiger partial charge in [-0.1, -0.05) is 13.8 Å². The van der Waals surface area contributed by atoms with Crippen molar-refractivity contribution in [2.75, 3.05) is 7.05 Å². The van der Waals surface area contributed by atoms with Crippen LogP contribution in [0.2, 0.25) is 0 Å². The minimum absolute atomic E-state index is 0.275. The Balaban J connectivity index is 3.72. The zero-order valence-corrected chi connectivity index (χ0v) is 6.07. The van der Waals surface area contributed by atoms with E-state index in [2.05, 4.69) is 9.28 Å². The Morgan fingerprint density at radius 3 is 2.12 bits per heavy atom. The summed E-state index contributed by atoms with van der Waals surface area (Å²) in [6.07, 6.45) is 0. The molecule has 0 aromatic carbocycles. The summed E-state index contributed by atoms with van der Waals surface area (Å²) >= 11 is 5.03. The average molecular weight is 136 g/mol. The summed E-state index contributed by atoms with van der Waals surface area (Å²) in [6, 6.07) is 0. The van der Waals surface area contributed by atoms with E-state index in [9.17, 15) is 0 Å². The van der Waals surface area contributed by atoms with Gasteiger partial charge in [-0.05, 0) is 0 Å². The Bertz CT molecular complexity index is 90.4. The maximum atomic E-state index is 5.03. The summed E-state index contributed by atoms with van der Waals surface area (Å²) in [5, 5.41) is 0. The predicted octanol–water partition coefficient (Wildman–Crippen LogP) is 1.84. The van der Waals surface area contributed by atoms with Crippen LogP contribution in [0.25, 0.3) is 0 Å². The van der Waals surface area contributed by atoms with Crippen LogP contribution in [-0.4, -0.2) is 12.9 Å². The molecule has 0 aliphatic rings. The fourth-order valence-electron chi connectivity index (χ4n) is 0.382. The summed E-state index contributed by atoms with van der Waals surface area (Å²) in [4.78, 5) is 3.77. The molecule has 0 bridgehead atoms. The summed E-state index contributed by atoms with van der Waals surface area (Å²) in [6.45, 7) is 3.93. The van der Waals surface area contributed by atoms with E-state index in [1.165, 1.54) is 0 Å². The molecule has 3 heteroatoms. The van der Waals surface area contributed by atoms with E-state index < -0.39 is 0 Å². The maximum Gasteiger partial charge on any atom is 0.210 e. The van der Waals surface area contributed by atoms with Crippen LogP contribution in [0.15, 0.2) is 4.99 Å². The zero-order chi connectivity index (χ0) is 6.57. The van der Waals surface area contributed by atoms with Crippen molar-refractivity contribution in [2.24, 2.45) is 10.9 Å². The first-order valence-corrected chi connectivity index (χ1v) is 2.78. The maximum absolute atomic E-state index is 5.03. The highest BCUT2D eigenvalue weighted by Crippen LogP contribution is 1.99. The lowest BCUT2D eigenvalue weighted by atomic mass is 10.2. The van der Waals surface area contributed by atoms with E-state index >= 15 is 0 Å². The van der Waals surface area contributed by atoms with E-state index in [-0.39, 0.29) is 5.92 Å². The highest BCUT2D eigenvalue weighted by Gasteiger charge is 2.02. The molecule has 0 aliphatic carbocycles. The van der Waals surface area contributed by atoms with Crippen LogP contribution in [0.4, 0.5) is 0 Å².